The number of nitrogens with zero attached hydrogens (tertiary/aromatic N) is 1. The highest BCUT2D eigenvalue weighted by Gasteiger charge is 2.31. The SMILES string of the molecule is C[C@H](NC(=O)CCCN(c1cccc(C(F)(F)F)c1)S(C)(=O)=O)c1ccccc1. The van der Waals surface area contributed by atoms with Crippen molar-refractivity contribution in [2.24, 2.45) is 0 Å². The van der Waals surface area contributed by atoms with E-state index in [4.69, 9.17) is 0 Å². The predicted molar refractivity (Wildman–Crippen MR) is 106 cm³/mol. The van der Waals surface area contributed by atoms with Gasteiger partial charge in [-0.25, -0.2) is 8.42 Å². The van der Waals surface area contributed by atoms with Crippen molar-refractivity contribution < 1.29 is 26.4 Å². The van der Waals surface area contributed by atoms with Crippen molar-refractivity contribution in [2.75, 3.05) is 17.1 Å². The minimum atomic E-state index is -4.58. The quantitative estimate of drug-likeness (QED) is 0.688. The van der Waals surface area contributed by atoms with Crippen LogP contribution in [0.5, 0.6) is 0 Å². The molecular weight excluding hydrogens is 405 g/mol. The van der Waals surface area contributed by atoms with E-state index in [0.29, 0.717) is 0 Å². The molecule has 0 aliphatic rings. The Morgan fingerprint density at radius 1 is 1.10 bits per heavy atom. The summed E-state index contributed by atoms with van der Waals surface area (Å²) >= 11 is 0. The number of carbonyl (C=O) groups excluding carboxylic acids is 1. The molecular formula is C20H23F3N2O3S. The van der Waals surface area contributed by atoms with Crippen LogP contribution in [0.15, 0.2) is 54.6 Å². The van der Waals surface area contributed by atoms with Crippen LogP contribution in [-0.2, 0) is 21.0 Å². The standard InChI is InChI=1S/C20H23F3N2O3S/c1-15(16-8-4-3-5-9-16)24-19(26)12-7-13-25(29(2,27)28)18-11-6-10-17(14-18)20(21,22)23/h3-6,8-11,14-15H,7,12-13H2,1-2H3,(H,24,26)/t15-/m0/s1. The summed E-state index contributed by atoms with van der Waals surface area (Å²) in [6.45, 7) is 1.73. The molecule has 5 nitrogen and oxygen atoms in total. The third-order valence-corrected chi connectivity index (χ3v) is 5.50. The number of halogens is 3. The fourth-order valence-corrected chi connectivity index (χ4v) is 3.80. The Kier molecular flexibility index (Phi) is 7.29. The van der Waals surface area contributed by atoms with E-state index >= 15 is 0 Å². The summed E-state index contributed by atoms with van der Waals surface area (Å²) < 4.78 is 63.8. The predicted octanol–water partition coefficient (Wildman–Crippen LogP) is 4.13. The number of benzene rings is 2. The van der Waals surface area contributed by atoms with Crippen molar-refractivity contribution in [1.82, 2.24) is 5.32 Å². The molecule has 9 heteroatoms. The summed E-state index contributed by atoms with van der Waals surface area (Å²) in [6, 6.07) is 13.3. The second-order valence-corrected chi connectivity index (χ2v) is 8.59. The second-order valence-electron chi connectivity index (χ2n) is 6.69. The molecule has 0 saturated heterocycles. The van der Waals surface area contributed by atoms with Crippen molar-refractivity contribution in [2.45, 2.75) is 32.0 Å². The second kappa shape index (κ2) is 9.30. The molecule has 2 aromatic rings. The van der Waals surface area contributed by atoms with Gasteiger partial charge in [-0.1, -0.05) is 36.4 Å². The monoisotopic (exact) mass is 428 g/mol. The first-order chi connectivity index (χ1) is 13.5. The first kappa shape index (κ1) is 22.7. The van der Waals surface area contributed by atoms with Crippen LogP contribution in [0.3, 0.4) is 0 Å². The molecule has 0 aromatic heterocycles. The van der Waals surface area contributed by atoms with Gasteiger partial charge in [0.2, 0.25) is 15.9 Å². The minimum absolute atomic E-state index is 0.0438. The summed E-state index contributed by atoms with van der Waals surface area (Å²) in [7, 11) is -3.81. The lowest BCUT2D eigenvalue weighted by Gasteiger charge is -2.23. The fourth-order valence-electron chi connectivity index (χ4n) is 2.85. The fraction of sp³-hybridized carbons (Fsp3) is 0.350. The van der Waals surface area contributed by atoms with E-state index in [1.54, 1.807) is 0 Å². The number of amides is 1. The largest absolute Gasteiger partial charge is 0.416 e. The van der Waals surface area contributed by atoms with E-state index in [1.165, 1.54) is 6.07 Å². The molecule has 1 N–H and O–H groups in total. The smallest absolute Gasteiger partial charge is 0.350 e. The number of hydrogen-bond donors (Lipinski definition) is 1. The summed E-state index contributed by atoms with van der Waals surface area (Å²) in [4.78, 5) is 12.2. The van der Waals surface area contributed by atoms with Crippen LogP contribution >= 0.6 is 0 Å². The highest BCUT2D eigenvalue weighted by Crippen LogP contribution is 2.32. The van der Waals surface area contributed by atoms with Gasteiger partial charge in [0.15, 0.2) is 0 Å². The Balaban J connectivity index is 2.01. The van der Waals surface area contributed by atoms with Crippen LogP contribution in [0.2, 0.25) is 0 Å². The van der Waals surface area contributed by atoms with Gasteiger partial charge in [0, 0.05) is 13.0 Å². The van der Waals surface area contributed by atoms with Gasteiger partial charge in [-0.3, -0.25) is 9.10 Å². The zero-order chi connectivity index (χ0) is 21.7. The summed E-state index contributed by atoms with van der Waals surface area (Å²) in [6.07, 6.45) is -3.45. The molecule has 1 atom stereocenters. The topological polar surface area (TPSA) is 66.5 Å². The lowest BCUT2D eigenvalue weighted by atomic mass is 10.1. The Labute approximate surface area is 168 Å². The van der Waals surface area contributed by atoms with Crippen LogP contribution in [-0.4, -0.2) is 27.1 Å². The molecule has 158 valence electrons. The van der Waals surface area contributed by atoms with Gasteiger partial charge in [0.05, 0.1) is 23.5 Å². The zero-order valence-corrected chi connectivity index (χ0v) is 16.9. The Morgan fingerprint density at radius 3 is 2.34 bits per heavy atom. The van der Waals surface area contributed by atoms with Crippen molar-refractivity contribution >= 4 is 21.6 Å². The first-order valence-corrected chi connectivity index (χ1v) is 10.8. The van der Waals surface area contributed by atoms with E-state index in [2.05, 4.69) is 5.32 Å². The number of hydrogen-bond acceptors (Lipinski definition) is 3. The van der Waals surface area contributed by atoms with E-state index in [9.17, 15) is 26.4 Å². The lowest BCUT2D eigenvalue weighted by Crippen LogP contribution is -2.32. The molecule has 0 radical (unpaired) electrons. The highest BCUT2D eigenvalue weighted by molar-refractivity contribution is 7.92. The number of nitrogens with one attached hydrogen (secondary N) is 1. The van der Waals surface area contributed by atoms with Crippen molar-refractivity contribution in [3.05, 3.63) is 65.7 Å². The van der Waals surface area contributed by atoms with Crippen molar-refractivity contribution in [3.8, 4) is 0 Å². The number of alkyl halides is 3. The number of carbonyl (C=O) groups is 1. The third-order valence-electron chi connectivity index (χ3n) is 4.30. The van der Waals surface area contributed by atoms with E-state index < -0.39 is 21.8 Å². The molecule has 0 saturated carbocycles. The van der Waals surface area contributed by atoms with Crippen molar-refractivity contribution in [3.63, 3.8) is 0 Å². The molecule has 0 aliphatic carbocycles. The van der Waals surface area contributed by atoms with Gasteiger partial charge in [0.25, 0.3) is 0 Å². The molecule has 0 bridgehead atoms. The summed E-state index contributed by atoms with van der Waals surface area (Å²) in [5, 5.41) is 2.82. The van der Waals surface area contributed by atoms with Gasteiger partial charge < -0.3 is 5.32 Å². The maximum absolute atomic E-state index is 12.9. The molecule has 2 aromatic carbocycles. The molecule has 1 amide bonds. The Morgan fingerprint density at radius 2 is 1.76 bits per heavy atom. The molecule has 0 spiro atoms. The van der Waals surface area contributed by atoms with Crippen LogP contribution in [0, 0.1) is 0 Å². The molecule has 0 unspecified atom stereocenters. The van der Waals surface area contributed by atoms with Gasteiger partial charge in [-0.2, -0.15) is 13.2 Å². The zero-order valence-electron chi connectivity index (χ0n) is 16.1. The molecule has 2 rings (SSSR count). The average Bonchev–Trinajstić information content (AvgIpc) is 2.64. The minimum Gasteiger partial charge on any atom is -0.350 e. The van der Waals surface area contributed by atoms with E-state index in [0.717, 1.165) is 34.3 Å². The van der Waals surface area contributed by atoms with Gasteiger partial charge in [-0.15, -0.1) is 0 Å². The Bertz CT molecular complexity index is 931. The number of sulfonamides is 1. The first-order valence-electron chi connectivity index (χ1n) is 8.98. The highest BCUT2D eigenvalue weighted by atomic mass is 32.2. The summed E-state index contributed by atoms with van der Waals surface area (Å²) in [5.74, 6) is -0.265. The molecule has 0 heterocycles. The van der Waals surface area contributed by atoms with Gasteiger partial charge in [0.1, 0.15) is 0 Å². The van der Waals surface area contributed by atoms with Crippen LogP contribution in [0.4, 0.5) is 18.9 Å². The third kappa shape index (κ3) is 6.77. The van der Waals surface area contributed by atoms with Gasteiger partial charge in [-0.05, 0) is 37.1 Å². The normalized spacial score (nSPS) is 13.0. The van der Waals surface area contributed by atoms with E-state index in [-0.39, 0.29) is 37.0 Å². The Hall–Kier alpha value is -2.55. The summed E-state index contributed by atoms with van der Waals surface area (Å²) in [5.41, 5.74) is -0.0824. The number of rotatable bonds is 8. The van der Waals surface area contributed by atoms with E-state index in [1.807, 2.05) is 37.3 Å². The van der Waals surface area contributed by atoms with Crippen LogP contribution in [0.25, 0.3) is 0 Å². The maximum Gasteiger partial charge on any atom is 0.416 e. The maximum atomic E-state index is 12.9. The van der Waals surface area contributed by atoms with Crippen LogP contribution < -0.4 is 9.62 Å². The molecule has 0 aliphatic heterocycles. The van der Waals surface area contributed by atoms with Crippen molar-refractivity contribution in [1.29, 1.82) is 0 Å². The van der Waals surface area contributed by atoms with Crippen LogP contribution in [0.1, 0.15) is 36.9 Å². The molecule has 29 heavy (non-hydrogen) atoms. The van der Waals surface area contributed by atoms with Gasteiger partial charge >= 0.3 is 6.18 Å². The lowest BCUT2D eigenvalue weighted by molar-refractivity contribution is -0.137. The average molecular weight is 428 g/mol. The number of anilines is 1. The molecule has 0 fully saturated rings.